The fourth-order valence-corrected chi connectivity index (χ4v) is 2.40. The molecule has 0 aliphatic heterocycles. The smallest absolute Gasteiger partial charge is 0.311 e. The zero-order valence-corrected chi connectivity index (χ0v) is 11.0. The molecule has 1 aliphatic carbocycles. The predicted molar refractivity (Wildman–Crippen MR) is 67.9 cm³/mol. The van der Waals surface area contributed by atoms with Crippen molar-refractivity contribution >= 4 is 23.5 Å². The van der Waals surface area contributed by atoms with Crippen molar-refractivity contribution in [1.29, 1.82) is 0 Å². The fraction of sp³-hybridized carbons (Fsp3) is 0.500. The number of amides is 1. The summed E-state index contributed by atoms with van der Waals surface area (Å²) in [7, 11) is 0. The van der Waals surface area contributed by atoms with Gasteiger partial charge in [-0.3, -0.25) is 9.59 Å². The number of hydrogen-bond acceptors (Lipinski definition) is 4. The average molecular weight is 284 g/mol. The highest BCUT2D eigenvalue weighted by molar-refractivity contribution is 6.29. The second kappa shape index (κ2) is 5.52. The van der Waals surface area contributed by atoms with Gasteiger partial charge in [0.15, 0.2) is 10.8 Å². The highest BCUT2D eigenvalue weighted by atomic mass is 35.5. The van der Waals surface area contributed by atoms with E-state index in [1.54, 1.807) is 0 Å². The Balaban J connectivity index is 1.99. The first-order chi connectivity index (χ1) is 9.03. The van der Waals surface area contributed by atoms with Crippen LogP contribution in [0.5, 0.6) is 0 Å². The zero-order valence-electron chi connectivity index (χ0n) is 10.2. The molecule has 102 valence electrons. The van der Waals surface area contributed by atoms with Crippen molar-refractivity contribution in [3.63, 3.8) is 0 Å². The molecule has 1 saturated carbocycles. The van der Waals surface area contributed by atoms with Gasteiger partial charge in [-0.1, -0.05) is 24.4 Å². The molecule has 2 rings (SSSR count). The Morgan fingerprint density at radius 2 is 2.00 bits per heavy atom. The van der Waals surface area contributed by atoms with Crippen LogP contribution in [0.1, 0.15) is 36.2 Å². The van der Waals surface area contributed by atoms with E-state index in [0.717, 1.165) is 12.8 Å². The number of carboxylic acid groups (broad SMARTS) is 1. The van der Waals surface area contributed by atoms with Crippen molar-refractivity contribution in [2.75, 3.05) is 6.54 Å². The standard InChI is InChI=1S/C12H14ClN3O3/c13-9-4-3-8(15-16-9)10(17)14-7-12(11(18)19)5-1-2-6-12/h3-4H,1-2,5-7H2,(H,14,17)(H,18,19). The quantitative estimate of drug-likeness (QED) is 0.874. The summed E-state index contributed by atoms with van der Waals surface area (Å²) in [5.41, 5.74) is -0.710. The molecule has 0 radical (unpaired) electrons. The van der Waals surface area contributed by atoms with Crippen molar-refractivity contribution in [2.45, 2.75) is 25.7 Å². The number of aromatic nitrogens is 2. The first-order valence-electron chi connectivity index (χ1n) is 6.04. The lowest BCUT2D eigenvalue weighted by Gasteiger charge is -2.23. The summed E-state index contributed by atoms with van der Waals surface area (Å²) in [6, 6.07) is 2.92. The molecular formula is C12H14ClN3O3. The normalized spacial score (nSPS) is 17.1. The van der Waals surface area contributed by atoms with Gasteiger partial charge in [-0.25, -0.2) is 0 Å². The third kappa shape index (κ3) is 3.01. The van der Waals surface area contributed by atoms with Crippen molar-refractivity contribution < 1.29 is 14.7 Å². The summed E-state index contributed by atoms with van der Waals surface area (Å²) in [5.74, 6) is -1.29. The first kappa shape index (κ1) is 13.7. The molecule has 0 unspecified atom stereocenters. The van der Waals surface area contributed by atoms with Gasteiger partial charge >= 0.3 is 5.97 Å². The maximum atomic E-state index is 11.8. The van der Waals surface area contributed by atoms with Crippen LogP contribution in [0.4, 0.5) is 0 Å². The second-order valence-corrected chi connectivity index (χ2v) is 5.10. The number of carbonyl (C=O) groups is 2. The topological polar surface area (TPSA) is 92.2 Å². The number of nitrogens with one attached hydrogen (secondary N) is 1. The van der Waals surface area contributed by atoms with Crippen LogP contribution in [0.2, 0.25) is 5.15 Å². The molecule has 6 nitrogen and oxygen atoms in total. The third-order valence-corrected chi connectivity index (χ3v) is 3.67. The molecule has 2 N–H and O–H groups in total. The Morgan fingerprint density at radius 1 is 1.32 bits per heavy atom. The van der Waals surface area contributed by atoms with E-state index in [4.69, 9.17) is 11.6 Å². The van der Waals surface area contributed by atoms with Crippen LogP contribution in [0, 0.1) is 5.41 Å². The van der Waals surface area contributed by atoms with Crippen molar-refractivity contribution in [3.8, 4) is 0 Å². The lowest BCUT2D eigenvalue weighted by molar-refractivity contribution is -0.148. The van der Waals surface area contributed by atoms with Crippen LogP contribution in [-0.4, -0.2) is 33.7 Å². The Bertz CT molecular complexity index is 483. The van der Waals surface area contributed by atoms with Crippen LogP contribution in [0.25, 0.3) is 0 Å². The van der Waals surface area contributed by atoms with Gasteiger partial charge in [0, 0.05) is 6.54 Å². The van der Waals surface area contributed by atoms with E-state index in [1.807, 2.05) is 0 Å². The molecule has 0 saturated heterocycles. The van der Waals surface area contributed by atoms with Gasteiger partial charge in [0.2, 0.25) is 0 Å². The van der Waals surface area contributed by atoms with Gasteiger partial charge in [0.25, 0.3) is 5.91 Å². The van der Waals surface area contributed by atoms with Gasteiger partial charge in [-0.15, -0.1) is 10.2 Å². The van der Waals surface area contributed by atoms with Crippen molar-refractivity contribution in [2.24, 2.45) is 5.41 Å². The minimum atomic E-state index is -0.854. The van der Waals surface area contributed by atoms with E-state index in [-0.39, 0.29) is 17.4 Å². The number of halogens is 1. The third-order valence-electron chi connectivity index (χ3n) is 3.47. The molecule has 0 atom stereocenters. The fourth-order valence-electron chi connectivity index (χ4n) is 2.30. The van der Waals surface area contributed by atoms with E-state index in [1.165, 1.54) is 12.1 Å². The molecule has 1 aromatic rings. The molecule has 1 aliphatic rings. The SMILES string of the molecule is O=C(NCC1(C(=O)O)CCCC1)c1ccc(Cl)nn1. The first-order valence-corrected chi connectivity index (χ1v) is 6.42. The summed E-state index contributed by atoms with van der Waals surface area (Å²) < 4.78 is 0. The zero-order chi connectivity index (χ0) is 13.9. The van der Waals surface area contributed by atoms with E-state index in [0.29, 0.717) is 12.8 Å². The Hall–Kier alpha value is -1.69. The Labute approximate surface area is 115 Å². The number of hydrogen-bond donors (Lipinski definition) is 2. The maximum absolute atomic E-state index is 11.8. The highest BCUT2D eigenvalue weighted by Gasteiger charge is 2.41. The van der Waals surface area contributed by atoms with Crippen LogP contribution in [0.15, 0.2) is 12.1 Å². The molecule has 0 spiro atoms. The molecule has 0 bridgehead atoms. The van der Waals surface area contributed by atoms with Crippen LogP contribution in [-0.2, 0) is 4.79 Å². The predicted octanol–water partition coefficient (Wildman–Crippen LogP) is 1.50. The summed E-state index contributed by atoms with van der Waals surface area (Å²) in [5, 5.41) is 19.3. The number of carbonyl (C=O) groups excluding carboxylic acids is 1. The second-order valence-electron chi connectivity index (χ2n) is 4.72. The monoisotopic (exact) mass is 283 g/mol. The lowest BCUT2D eigenvalue weighted by Crippen LogP contribution is -2.41. The van der Waals surface area contributed by atoms with Gasteiger partial charge in [0.05, 0.1) is 5.41 Å². The molecule has 1 fully saturated rings. The summed E-state index contributed by atoms with van der Waals surface area (Å²) in [4.78, 5) is 23.1. The van der Waals surface area contributed by atoms with Crippen LogP contribution in [0.3, 0.4) is 0 Å². The number of aliphatic carboxylic acids is 1. The van der Waals surface area contributed by atoms with E-state index in [9.17, 15) is 14.7 Å². The van der Waals surface area contributed by atoms with Crippen LogP contribution < -0.4 is 5.32 Å². The Kier molecular flexibility index (Phi) is 3.99. The van der Waals surface area contributed by atoms with Crippen LogP contribution >= 0.6 is 11.6 Å². The van der Waals surface area contributed by atoms with Crippen molar-refractivity contribution in [1.82, 2.24) is 15.5 Å². The van der Waals surface area contributed by atoms with Crippen molar-refractivity contribution in [3.05, 3.63) is 23.0 Å². The van der Waals surface area contributed by atoms with E-state index in [2.05, 4.69) is 15.5 Å². The maximum Gasteiger partial charge on any atom is 0.311 e. The van der Waals surface area contributed by atoms with E-state index >= 15 is 0 Å². The summed E-state index contributed by atoms with van der Waals surface area (Å²) in [6.07, 6.45) is 2.94. The molecule has 19 heavy (non-hydrogen) atoms. The minimum Gasteiger partial charge on any atom is -0.481 e. The largest absolute Gasteiger partial charge is 0.481 e. The lowest BCUT2D eigenvalue weighted by atomic mass is 9.86. The highest BCUT2D eigenvalue weighted by Crippen LogP contribution is 2.37. The molecule has 1 heterocycles. The van der Waals surface area contributed by atoms with Gasteiger partial charge < -0.3 is 10.4 Å². The van der Waals surface area contributed by atoms with Gasteiger partial charge in [0.1, 0.15) is 0 Å². The van der Waals surface area contributed by atoms with Gasteiger partial charge in [-0.2, -0.15) is 0 Å². The minimum absolute atomic E-state index is 0.117. The number of nitrogens with zero attached hydrogens (tertiary/aromatic N) is 2. The number of carboxylic acids is 1. The average Bonchev–Trinajstić information content (AvgIpc) is 2.87. The molecule has 1 amide bonds. The Morgan fingerprint density at radius 3 is 2.53 bits per heavy atom. The summed E-state index contributed by atoms with van der Waals surface area (Å²) >= 11 is 5.58. The van der Waals surface area contributed by atoms with E-state index < -0.39 is 17.3 Å². The number of rotatable bonds is 4. The molecule has 7 heteroatoms. The summed E-state index contributed by atoms with van der Waals surface area (Å²) in [6.45, 7) is 0.117. The molecule has 1 aromatic heterocycles. The van der Waals surface area contributed by atoms with Gasteiger partial charge in [-0.05, 0) is 25.0 Å². The molecule has 0 aromatic carbocycles. The molecular weight excluding hydrogens is 270 g/mol.